The van der Waals surface area contributed by atoms with E-state index in [4.69, 9.17) is 9.84 Å². The molecule has 2 N–H and O–H groups in total. The van der Waals surface area contributed by atoms with Crippen LogP contribution in [0.2, 0.25) is 0 Å². The SMILES string of the molecule is Cl.O=C(O)C12CNC(CCO1)C2. The molecular weight excluding hydrogens is 182 g/mol. The van der Waals surface area contributed by atoms with Crippen LogP contribution in [0.5, 0.6) is 0 Å². The maximum Gasteiger partial charge on any atom is 0.337 e. The summed E-state index contributed by atoms with van der Waals surface area (Å²) in [6.07, 6.45) is 1.57. The molecule has 12 heavy (non-hydrogen) atoms. The van der Waals surface area contributed by atoms with Gasteiger partial charge < -0.3 is 15.2 Å². The zero-order valence-corrected chi connectivity index (χ0v) is 7.39. The van der Waals surface area contributed by atoms with Crippen LogP contribution in [-0.4, -0.2) is 35.9 Å². The Bertz CT molecular complexity index is 195. The molecule has 0 aromatic rings. The van der Waals surface area contributed by atoms with Crippen molar-refractivity contribution >= 4 is 18.4 Å². The fraction of sp³-hybridized carbons (Fsp3) is 0.857. The van der Waals surface area contributed by atoms with Crippen LogP contribution < -0.4 is 5.32 Å². The highest BCUT2D eigenvalue weighted by molar-refractivity contribution is 5.85. The Balaban J connectivity index is 0.000000720. The topological polar surface area (TPSA) is 58.6 Å². The van der Waals surface area contributed by atoms with Crippen molar-refractivity contribution in [2.45, 2.75) is 24.5 Å². The molecule has 0 spiro atoms. The smallest absolute Gasteiger partial charge is 0.337 e. The Morgan fingerprint density at radius 2 is 2.42 bits per heavy atom. The minimum Gasteiger partial charge on any atom is -0.479 e. The molecule has 4 nitrogen and oxygen atoms in total. The molecule has 0 aliphatic carbocycles. The summed E-state index contributed by atoms with van der Waals surface area (Å²) in [5, 5.41) is 12.0. The Morgan fingerprint density at radius 3 is 3.00 bits per heavy atom. The third kappa shape index (κ3) is 1.30. The third-order valence-electron chi connectivity index (χ3n) is 2.49. The maximum absolute atomic E-state index is 10.8. The molecule has 2 heterocycles. The van der Waals surface area contributed by atoms with Crippen LogP contribution in [-0.2, 0) is 9.53 Å². The van der Waals surface area contributed by atoms with Crippen LogP contribution >= 0.6 is 12.4 Å². The van der Waals surface area contributed by atoms with E-state index >= 15 is 0 Å². The molecule has 2 atom stereocenters. The number of carboxylic acid groups (broad SMARTS) is 1. The fourth-order valence-electron chi connectivity index (χ4n) is 1.79. The Kier molecular flexibility index (Phi) is 2.61. The summed E-state index contributed by atoms with van der Waals surface area (Å²) < 4.78 is 5.26. The number of rotatable bonds is 1. The van der Waals surface area contributed by atoms with Crippen LogP contribution in [0, 0.1) is 0 Å². The fourth-order valence-corrected chi connectivity index (χ4v) is 1.79. The summed E-state index contributed by atoms with van der Waals surface area (Å²) in [7, 11) is 0. The Labute approximate surface area is 76.7 Å². The summed E-state index contributed by atoms with van der Waals surface area (Å²) in [5.41, 5.74) is -0.900. The normalized spacial score (nSPS) is 38.8. The lowest BCUT2D eigenvalue weighted by Crippen LogP contribution is -2.45. The molecule has 2 fully saturated rings. The summed E-state index contributed by atoms with van der Waals surface area (Å²) in [6.45, 7) is 1.04. The van der Waals surface area contributed by atoms with Gasteiger partial charge in [0, 0.05) is 25.6 Å². The maximum atomic E-state index is 10.8. The van der Waals surface area contributed by atoms with Gasteiger partial charge in [0.15, 0.2) is 5.60 Å². The zero-order valence-electron chi connectivity index (χ0n) is 6.58. The predicted molar refractivity (Wildman–Crippen MR) is 44.6 cm³/mol. The molecule has 0 aromatic carbocycles. The lowest BCUT2D eigenvalue weighted by molar-refractivity contribution is -0.166. The lowest BCUT2D eigenvalue weighted by Gasteiger charge is -2.27. The first-order chi connectivity index (χ1) is 5.23. The number of carbonyl (C=O) groups is 1. The van der Waals surface area contributed by atoms with Gasteiger partial charge >= 0.3 is 5.97 Å². The van der Waals surface area contributed by atoms with Crippen molar-refractivity contribution in [3.05, 3.63) is 0 Å². The van der Waals surface area contributed by atoms with E-state index in [0.29, 0.717) is 25.6 Å². The Hall–Kier alpha value is -0.320. The molecule has 70 valence electrons. The molecule has 0 amide bonds. The molecule has 2 aliphatic heterocycles. The monoisotopic (exact) mass is 193 g/mol. The number of carboxylic acids is 1. The number of halogens is 1. The third-order valence-corrected chi connectivity index (χ3v) is 2.49. The van der Waals surface area contributed by atoms with E-state index in [9.17, 15) is 4.79 Å². The van der Waals surface area contributed by atoms with Gasteiger partial charge in [0.1, 0.15) is 0 Å². The second-order valence-electron chi connectivity index (χ2n) is 3.22. The lowest BCUT2D eigenvalue weighted by atomic mass is 9.96. The van der Waals surface area contributed by atoms with E-state index in [1.54, 1.807) is 0 Å². The molecule has 0 radical (unpaired) electrons. The van der Waals surface area contributed by atoms with E-state index in [-0.39, 0.29) is 12.4 Å². The highest BCUT2D eigenvalue weighted by Gasteiger charge is 2.49. The standard InChI is InChI=1S/C7H11NO3.ClH/c9-6(10)7-3-5(8-4-7)1-2-11-7;/h5,8H,1-4H2,(H,9,10);1H. The van der Waals surface area contributed by atoms with Gasteiger partial charge in [0.2, 0.25) is 0 Å². The summed E-state index contributed by atoms with van der Waals surface area (Å²) in [6, 6.07) is 0.361. The number of ether oxygens (including phenoxy) is 1. The van der Waals surface area contributed by atoms with E-state index < -0.39 is 11.6 Å². The van der Waals surface area contributed by atoms with Crippen molar-refractivity contribution < 1.29 is 14.6 Å². The second-order valence-corrected chi connectivity index (χ2v) is 3.22. The molecule has 5 heteroatoms. The van der Waals surface area contributed by atoms with Crippen LogP contribution in [0.15, 0.2) is 0 Å². The highest BCUT2D eigenvalue weighted by Crippen LogP contribution is 2.30. The number of nitrogens with one attached hydrogen (secondary N) is 1. The number of hydrogen-bond acceptors (Lipinski definition) is 3. The minimum absolute atomic E-state index is 0. The van der Waals surface area contributed by atoms with E-state index in [1.807, 2.05) is 0 Å². The van der Waals surface area contributed by atoms with Crippen molar-refractivity contribution in [3.8, 4) is 0 Å². The van der Waals surface area contributed by atoms with Gasteiger partial charge in [-0.2, -0.15) is 0 Å². The van der Waals surface area contributed by atoms with Crippen LogP contribution in [0.25, 0.3) is 0 Å². The van der Waals surface area contributed by atoms with Crippen molar-refractivity contribution in [2.75, 3.05) is 13.2 Å². The first kappa shape index (κ1) is 9.77. The molecule has 0 aromatic heterocycles. The van der Waals surface area contributed by atoms with Crippen LogP contribution in [0.4, 0.5) is 0 Å². The molecule has 2 aliphatic rings. The van der Waals surface area contributed by atoms with Gasteiger partial charge in [-0.15, -0.1) is 12.4 Å². The molecule has 2 unspecified atom stereocenters. The molecule has 2 saturated heterocycles. The van der Waals surface area contributed by atoms with E-state index in [0.717, 1.165) is 6.42 Å². The first-order valence-electron chi connectivity index (χ1n) is 3.84. The van der Waals surface area contributed by atoms with Gasteiger partial charge in [0.25, 0.3) is 0 Å². The van der Waals surface area contributed by atoms with Crippen LogP contribution in [0.1, 0.15) is 12.8 Å². The molecule has 2 bridgehead atoms. The molecular formula is C7H12ClNO3. The number of hydrogen-bond donors (Lipinski definition) is 2. The quantitative estimate of drug-likeness (QED) is 0.616. The first-order valence-corrected chi connectivity index (χ1v) is 3.84. The average Bonchev–Trinajstić information content (AvgIpc) is 2.29. The largest absolute Gasteiger partial charge is 0.479 e. The zero-order chi connectivity index (χ0) is 7.90. The van der Waals surface area contributed by atoms with Crippen molar-refractivity contribution in [1.82, 2.24) is 5.32 Å². The predicted octanol–water partition coefficient (Wildman–Crippen LogP) is 0.0138. The van der Waals surface area contributed by atoms with Gasteiger partial charge in [-0.3, -0.25) is 0 Å². The summed E-state index contributed by atoms with van der Waals surface area (Å²) in [5.74, 6) is -0.827. The van der Waals surface area contributed by atoms with Crippen molar-refractivity contribution in [2.24, 2.45) is 0 Å². The second kappa shape index (κ2) is 3.20. The van der Waals surface area contributed by atoms with Gasteiger partial charge in [0.05, 0.1) is 0 Å². The van der Waals surface area contributed by atoms with Crippen molar-refractivity contribution in [3.63, 3.8) is 0 Å². The van der Waals surface area contributed by atoms with Gasteiger partial charge in [-0.25, -0.2) is 4.79 Å². The summed E-state index contributed by atoms with van der Waals surface area (Å²) >= 11 is 0. The molecule has 2 rings (SSSR count). The number of fused-ring (bicyclic) bond motifs is 2. The van der Waals surface area contributed by atoms with Crippen molar-refractivity contribution in [1.29, 1.82) is 0 Å². The van der Waals surface area contributed by atoms with Gasteiger partial charge in [-0.1, -0.05) is 0 Å². The van der Waals surface area contributed by atoms with E-state index in [2.05, 4.69) is 5.32 Å². The molecule has 0 saturated carbocycles. The summed E-state index contributed by atoms with van der Waals surface area (Å²) in [4.78, 5) is 10.8. The van der Waals surface area contributed by atoms with Crippen LogP contribution in [0.3, 0.4) is 0 Å². The van der Waals surface area contributed by atoms with E-state index in [1.165, 1.54) is 0 Å². The Morgan fingerprint density at radius 1 is 1.67 bits per heavy atom. The van der Waals surface area contributed by atoms with Gasteiger partial charge in [-0.05, 0) is 6.42 Å². The number of aliphatic carboxylic acids is 1. The average molecular weight is 194 g/mol. The minimum atomic E-state index is -0.900. The highest BCUT2D eigenvalue weighted by atomic mass is 35.5.